The minimum atomic E-state index is -0.118. The van der Waals surface area contributed by atoms with Gasteiger partial charge in [-0.05, 0) is 37.7 Å². The van der Waals surface area contributed by atoms with Gasteiger partial charge in [0, 0.05) is 43.3 Å². The molecule has 0 spiro atoms. The Labute approximate surface area is 140 Å². The van der Waals surface area contributed by atoms with E-state index in [1.54, 1.807) is 4.90 Å². The van der Waals surface area contributed by atoms with Crippen LogP contribution in [0.25, 0.3) is 0 Å². The number of hydrogen-bond donors (Lipinski definition) is 0. The number of aryl methyl sites for hydroxylation is 1. The van der Waals surface area contributed by atoms with E-state index in [2.05, 4.69) is 27.9 Å². The molecule has 120 valence electrons. The number of amides is 2. The molecule has 1 fully saturated rings. The maximum absolute atomic E-state index is 12.5. The van der Waals surface area contributed by atoms with Crippen LogP contribution in [0, 0.1) is 6.92 Å². The summed E-state index contributed by atoms with van der Waals surface area (Å²) in [7, 11) is 2.05. The van der Waals surface area contributed by atoms with Crippen molar-refractivity contribution in [3.05, 3.63) is 28.2 Å². The molecule has 1 aliphatic rings. The number of likely N-dealkylation sites (N-methyl/N-ethyl adjacent to an activating group) is 1. The zero-order valence-electron chi connectivity index (χ0n) is 13.3. The molecule has 0 aliphatic carbocycles. The van der Waals surface area contributed by atoms with Gasteiger partial charge in [0.1, 0.15) is 6.54 Å². The number of carbonyl (C=O) groups is 2. The summed E-state index contributed by atoms with van der Waals surface area (Å²) in [5.74, 6) is -0.112. The van der Waals surface area contributed by atoms with Crippen LogP contribution in [0.1, 0.15) is 12.5 Å². The van der Waals surface area contributed by atoms with Crippen LogP contribution in [0.2, 0.25) is 0 Å². The van der Waals surface area contributed by atoms with Crippen LogP contribution in [0.15, 0.2) is 22.7 Å². The van der Waals surface area contributed by atoms with Crippen molar-refractivity contribution in [2.75, 3.05) is 44.7 Å². The van der Waals surface area contributed by atoms with Gasteiger partial charge in [-0.3, -0.25) is 9.59 Å². The number of hydrogen-bond acceptors (Lipinski definition) is 3. The highest BCUT2D eigenvalue weighted by Gasteiger charge is 2.23. The summed E-state index contributed by atoms with van der Waals surface area (Å²) in [6, 6.07) is 5.71. The number of carbonyl (C=O) groups excluding carboxylic acids is 2. The fourth-order valence-corrected chi connectivity index (χ4v) is 3.05. The first-order chi connectivity index (χ1) is 10.4. The third kappa shape index (κ3) is 4.08. The third-order valence-electron chi connectivity index (χ3n) is 3.98. The normalized spacial score (nSPS) is 15.7. The molecule has 0 N–H and O–H groups in total. The molecule has 22 heavy (non-hydrogen) atoms. The first-order valence-electron chi connectivity index (χ1n) is 7.39. The molecule has 1 aromatic carbocycles. The highest BCUT2D eigenvalue weighted by molar-refractivity contribution is 9.10. The Hall–Kier alpha value is -1.40. The van der Waals surface area contributed by atoms with E-state index in [-0.39, 0.29) is 18.4 Å². The standard InChI is InChI=1S/C16H22BrN3O2/c1-12-10-14(17)4-5-15(12)20(13(2)21)11-16(22)19-8-6-18(3)7-9-19/h4-5,10H,6-9,11H2,1-3H3. The lowest BCUT2D eigenvalue weighted by Gasteiger charge is -2.34. The van der Waals surface area contributed by atoms with E-state index >= 15 is 0 Å². The zero-order valence-corrected chi connectivity index (χ0v) is 14.9. The number of nitrogens with zero attached hydrogens (tertiary/aromatic N) is 3. The van der Waals surface area contributed by atoms with E-state index < -0.39 is 0 Å². The fraction of sp³-hybridized carbons (Fsp3) is 0.500. The average molecular weight is 368 g/mol. The minimum Gasteiger partial charge on any atom is -0.339 e. The van der Waals surface area contributed by atoms with Gasteiger partial charge in [0.05, 0.1) is 0 Å². The van der Waals surface area contributed by atoms with Gasteiger partial charge < -0.3 is 14.7 Å². The maximum atomic E-state index is 12.5. The van der Waals surface area contributed by atoms with Crippen molar-refractivity contribution >= 4 is 33.4 Å². The largest absolute Gasteiger partial charge is 0.339 e. The van der Waals surface area contributed by atoms with E-state index in [0.717, 1.165) is 41.9 Å². The number of anilines is 1. The molecular weight excluding hydrogens is 346 g/mol. The molecule has 1 heterocycles. The summed E-state index contributed by atoms with van der Waals surface area (Å²) in [6.45, 7) is 6.74. The number of rotatable bonds is 3. The van der Waals surface area contributed by atoms with Crippen molar-refractivity contribution in [3.8, 4) is 0 Å². The highest BCUT2D eigenvalue weighted by Crippen LogP contribution is 2.24. The predicted molar refractivity (Wildman–Crippen MR) is 91.0 cm³/mol. The van der Waals surface area contributed by atoms with Crippen LogP contribution < -0.4 is 4.90 Å². The molecule has 2 rings (SSSR count). The van der Waals surface area contributed by atoms with Crippen molar-refractivity contribution < 1.29 is 9.59 Å². The summed E-state index contributed by atoms with van der Waals surface area (Å²) >= 11 is 3.42. The molecule has 5 nitrogen and oxygen atoms in total. The summed E-state index contributed by atoms with van der Waals surface area (Å²) < 4.78 is 0.961. The Kier molecular flexibility index (Phi) is 5.58. The van der Waals surface area contributed by atoms with Crippen LogP contribution >= 0.6 is 15.9 Å². The molecule has 1 saturated heterocycles. The zero-order chi connectivity index (χ0) is 16.3. The first kappa shape index (κ1) is 17.0. The van der Waals surface area contributed by atoms with Gasteiger partial charge in [-0.25, -0.2) is 0 Å². The van der Waals surface area contributed by atoms with Crippen LogP contribution in [-0.4, -0.2) is 61.4 Å². The van der Waals surface area contributed by atoms with Crippen molar-refractivity contribution in [2.45, 2.75) is 13.8 Å². The molecule has 0 aromatic heterocycles. The topological polar surface area (TPSA) is 43.9 Å². The van der Waals surface area contributed by atoms with E-state index in [1.807, 2.05) is 30.0 Å². The van der Waals surface area contributed by atoms with Gasteiger partial charge in [-0.2, -0.15) is 0 Å². The smallest absolute Gasteiger partial charge is 0.242 e. The van der Waals surface area contributed by atoms with Gasteiger partial charge in [-0.15, -0.1) is 0 Å². The molecule has 0 saturated carbocycles. The van der Waals surface area contributed by atoms with Gasteiger partial charge in [-0.1, -0.05) is 15.9 Å². The lowest BCUT2D eigenvalue weighted by molar-refractivity contribution is -0.132. The molecule has 1 aromatic rings. The first-order valence-corrected chi connectivity index (χ1v) is 8.18. The van der Waals surface area contributed by atoms with Crippen LogP contribution in [-0.2, 0) is 9.59 Å². The van der Waals surface area contributed by atoms with Crippen LogP contribution in [0.4, 0.5) is 5.69 Å². The van der Waals surface area contributed by atoms with Gasteiger partial charge in [0.2, 0.25) is 11.8 Å². The summed E-state index contributed by atoms with van der Waals surface area (Å²) in [5, 5.41) is 0. The Morgan fingerprint density at radius 1 is 1.23 bits per heavy atom. The minimum absolute atomic E-state index is 0.00520. The second-order valence-electron chi connectivity index (χ2n) is 5.72. The monoisotopic (exact) mass is 367 g/mol. The maximum Gasteiger partial charge on any atom is 0.242 e. The lowest BCUT2D eigenvalue weighted by Crippen LogP contribution is -2.50. The number of halogens is 1. The quantitative estimate of drug-likeness (QED) is 0.819. The van der Waals surface area contributed by atoms with E-state index in [0.29, 0.717) is 0 Å². The third-order valence-corrected chi connectivity index (χ3v) is 4.47. The second kappa shape index (κ2) is 7.24. The van der Waals surface area contributed by atoms with E-state index in [1.165, 1.54) is 6.92 Å². The molecule has 0 atom stereocenters. The van der Waals surface area contributed by atoms with E-state index in [9.17, 15) is 9.59 Å². The summed E-state index contributed by atoms with van der Waals surface area (Å²) in [4.78, 5) is 30.1. The molecule has 6 heteroatoms. The van der Waals surface area contributed by atoms with Crippen molar-refractivity contribution in [2.24, 2.45) is 0 Å². The van der Waals surface area contributed by atoms with Gasteiger partial charge in [0.15, 0.2) is 0 Å². The Bertz CT molecular complexity index is 569. The fourth-order valence-electron chi connectivity index (χ4n) is 2.58. The number of piperazine rings is 1. The van der Waals surface area contributed by atoms with E-state index in [4.69, 9.17) is 0 Å². The predicted octanol–water partition coefficient (Wildman–Crippen LogP) is 1.88. The summed E-state index contributed by atoms with van der Waals surface area (Å²) in [6.07, 6.45) is 0. The highest BCUT2D eigenvalue weighted by atomic mass is 79.9. The van der Waals surface area contributed by atoms with Gasteiger partial charge in [0.25, 0.3) is 0 Å². The van der Waals surface area contributed by atoms with Crippen LogP contribution in [0.5, 0.6) is 0 Å². The van der Waals surface area contributed by atoms with Gasteiger partial charge >= 0.3 is 0 Å². The second-order valence-corrected chi connectivity index (χ2v) is 6.64. The Morgan fingerprint density at radius 2 is 1.86 bits per heavy atom. The molecule has 2 amide bonds. The SMILES string of the molecule is CC(=O)N(CC(=O)N1CCN(C)CC1)c1ccc(Br)cc1C. The van der Waals surface area contributed by atoms with Crippen molar-refractivity contribution in [3.63, 3.8) is 0 Å². The van der Waals surface area contributed by atoms with Crippen molar-refractivity contribution in [1.82, 2.24) is 9.80 Å². The molecule has 1 aliphatic heterocycles. The lowest BCUT2D eigenvalue weighted by atomic mass is 10.1. The Balaban J connectivity index is 2.12. The molecule has 0 radical (unpaired) electrons. The van der Waals surface area contributed by atoms with Crippen molar-refractivity contribution in [1.29, 1.82) is 0 Å². The number of benzene rings is 1. The average Bonchev–Trinajstić information content (AvgIpc) is 2.45. The summed E-state index contributed by atoms with van der Waals surface area (Å²) in [5.41, 5.74) is 1.76. The molecule has 0 unspecified atom stereocenters. The molecular formula is C16H22BrN3O2. The molecule has 0 bridgehead atoms. The Morgan fingerprint density at radius 3 is 2.41 bits per heavy atom. The van der Waals surface area contributed by atoms with Crippen LogP contribution in [0.3, 0.4) is 0 Å².